The number of aromatic hydroxyl groups is 1. The minimum atomic E-state index is -3.53. The lowest BCUT2D eigenvalue weighted by Gasteiger charge is -2.13. The number of benzene rings is 2. The maximum absolute atomic E-state index is 12.5. The van der Waals surface area contributed by atoms with Crippen molar-refractivity contribution in [1.29, 1.82) is 0 Å². The van der Waals surface area contributed by atoms with E-state index in [9.17, 15) is 13.5 Å². The molecule has 0 saturated carbocycles. The van der Waals surface area contributed by atoms with Crippen LogP contribution in [0.3, 0.4) is 0 Å². The Bertz CT molecular complexity index is 681. The molecule has 0 aromatic heterocycles. The second-order valence-corrected chi connectivity index (χ2v) is 6.89. The zero-order valence-corrected chi connectivity index (χ0v) is 11.8. The zero-order valence-electron chi connectivity index (χ0n) is 10.2. The van der Waals surface area contributed by atoms with Crippen LogP contribution in [0.15, 0.2) is 53.4 Å². The molecular formula is C14H13ClO3S. The molecule has 0 heterocycles. The van der Waals surface area contributed by atoms with Gasteiger partial charge in [0.1, 0.15) is 5.75 Å². The van der Waals surface area contributed by atoms with Gasteiger partial charge in [0.05, 0.1) is 15.2 Å². The number of phenols is 1. The first-order valence-corrected chi connectivity index (χ1v) is 7.62. The predicted molar refractivity (Wildman–Crippen MR) is 75.2 cm³/mol. The Balaban J connectivity index is 2.45. The molecule has 0 fully saturated rings. The van der Waals surface area contributed by atoms with Gasteiger partial charge in [-0.1, -0.05) is 41.9 Å². The molecule has 0 radical (unpaired) electrons. The van der Waals surface area contributed by atoms with Gasteiger partial charge < -0.3 is 5.11 Å². The van der Waals surface area contributed by atoms with Crippen molar-refractivity contribution in [2.24, 2.45) is 0 Å². The average Bonchev–Trinajstić information content (AvgIpc) is 2.41. The van der Waals surface area contributed by atoms with Gasteiger partial charge in [0.15, 0.2) is 9.84 Å². The van der Waals surface area contributed by atoms with Gasteiger partial charge in [-0.15, -0.1) is 0 Å². The SMILES string of the molecule is CC(c1ccccc1)S(=O)(=O)c1ccc(O)c(Cl)c1. The highest BCUT2D eigenvalue weighted by atomic mass is 35.5. The van der Waals surface area contributed by atoms with E-state index in [2.05, 4.69) is 0 Å². The molecule has 0 bridgehead atoms. The van der Waals surface area contributed by atoms with Crippen molar-refractivity contribution in [3.63, 3.8) is 0 Å². The fraction of sp³-hybridized carbons (Fsp3) is 0.143. The summed E-state index contributed by atoms with van der Waals surface area (Å²) in [6, 6.07) is 12.9. The van der Waals surface area contributed by atoms with Crippen molar-refractivity contribution in [2.75, 3.05) is 0 Å². The van der Waals surface area contributed by atoms with E-state index in [0.29, 0.717) is 5.56 Å². The fourth-order valence-corrected chi connectivity index (χ4v) is 3.48. The summed E-state index contributed by atoms with van der Waals surface area (Å²) in [5.41, 5.74) is 0.715. The molecule has 1 unspecified atom stereocenters. The molecule has 1 N–H and O–H groups in total. The topological polar surface area (TPSA) is 54.4 Å². The van der Waals surface area contributed by atoms with E-state index in [1.54, 1.807) is 31.2 Å². The number of sulfone groups is 1. The smallest absolute Gasteiger partial charge is 0.185 e. The number of halogens is 1. The highest BCUT2D eigenvalue weighted by molar-refractivity contribution is 7.91. The third-order valence-electron chi connectivity index (χ3n) is 2.98. The second-order valence-electron chi connectivity index (χ2n) is 4.21. The van der Waals surface area contributed by atoms with Crippen molar-refractivity contribution in [3.8, 4) is 5.75 Å². The van der Waals surface area contributed by atoms with Crippen LogP contribution in [0.4, 0.5) is 0 Å². The Morgan fingerprint density at radius 2 is 1.74 bits per heavy atom. The standard InChI is InChI=1S/C14H13ClO3S/c1-10(11-5-3-2-4-6-11)19(17,18)12-7-8-14(16)13(15)9-12/h2-10,16H,1H3. The molecule has 0 aliphatic carbocycles. The summed E-state index contributed by atoms with van der Waals surface area (Å²) in [5, 5.41) is 8.70. The number of hydrogen-bond acceptors (Lipinski definition) is 3. The minimum absolute atomic E-state index is 0.0290. The van der Waals surface area contributed by atoms with Crippen LogP contribution < -0.4 is 0 Å². The highest BCUT2D eigenvalue weighted by Crippen LogP contribution is 2.32. The Kier molecular flexibility index (Phi) is 3.83. The molecule has 0 aliphatic rings. The molecule has 2 rings (SSSR count). The quantitative estimate of drug-likeness (QED) is 0.942. The van der Waals surface area contributed by atoms with Crippen molar-refractivity contribution in [1.82, 2.24) is 0 Å². The van der Waals surface area contributed by atoms with Gasteiger partial charge in [0.2, 0.25) is 0 Å². The number of rotatable bonds is 3. The van der Waals surface area contributed by atoms with E-state index >= 15 is 0 Å². The van der Waals surface area contributed by atoms with Crippen LogP contribution in [-0.4, -0.2) is 13.5 Å². The molecule has 0 amide bonds. The van der Waals surface area contributed by atoms with Crippen LogP contribution in [0, 0.1) is 0 Å². The molecule has 0 spiro atoms. The van der Waals surface area contributed by atoms with Crippen molar-refractivity contribution in [3.05, 3.63) is 59.1 Å². The lowest BCUT2D eigenvalue weighted by atomic mass is 10.2. The van der Waals surface area contributed by atoms with E-state index in [-0.39, 0.29) is 15.7 Å². The van der Waals surface area contributed by atoms with Gasteiger partial charge in [-0.2, -0.15) is 0 Å². The van der Waals surface area contributed by atoms with Crippen LogP contribution in [-0.2, 0) is 9.84 Å². The highest BCUT2D eigenvalue weighted by Gasteiger charge is 2.25. The van der Waals surface area contributed by atoms with Crippen molar-refractivity contribution >= 4 is 21.4 Å². The molecular weight excluding hydrogens is 284 g/mol. The molecule has 100 valence electrons. The van der Waals surface area contributed by atoms with Crippen LogP contribution in [0.2, 0.25) is 5.02 Å². The summed E-state index contributed by atoms with van der Waals surface area (Å²) in [4.78, 5) is 0.103. The minimum Gasteiger partial charge on any atom is -0.506 e. The second kappa shape index (κ2) is 5.23. The van der Waals surface area contributed by atoms with Gasteiger partial charge in [0, 0.05) is 0 Å². The van der Waals surface area contributed by atoms with Gasteiger partial charge in [-0.25, -0.2) is 8.42 Å². The molecule has 0 aliphatic heterocycles. The molecule has 19 heavy (non-hydrogen) atoms. The first-order chi connectivity index (χ1) is 8.93. The van der Waals surface area contributed by atoms with Crippen LogP contribution in [0.1, 0.15) is 17.7 Å². The average molecular weight is 297 g/mol. The summed E-state index contributed by atoms with van der Waals surface area (Å²) >= 11 is 5.76. The van der Waals surface area contributed by atoms with E-state index in [4.69, 9.17) is 11.6 Å². The third kappa shape index (κ3) is 2.74. The number of phenolic OH excluding ortho intramolecular Hbond substituents is 1. The molecule has 3 nitrogen and oxygen atoms in total. The summed E-state index contributed by atoms with van der Waals surface area (Å²) in [6.45, 7) is 1.63. The van der Waals surface area contributed by atoms with Gasteiger partial charge in [0.25, 0.3) is 0 Å². The Morgan fingerprint density at radius 1 is 1.11 bits per heavy atom. The maximum atomic E-state index is 12.5. The van der Waals surface area contributed by atoms with Gasteiger partial charge in [-0.3, -0.25) is 0 Å². The fourth-order valence-electron chi connectivity index (χ4n) is 1.77. The lowest BCUT2D eigenvalue weighted by Crippen LogP contribution is -2.10. The summed E-state index contributed by atoms with van der Waals surface area (Å²) in [7, 11) is -3.53. The normalized spacial score (nSPS) is 13.2. The first kappa shape index (κ1) is 13.9. The zero-order chi connectivity index (χ0) is 14.0. The molecule has 2 aromatic carbocycles. The maximum Gasteiger partial charge on any atom is 0.185 e. The van der Waals surface area contributed by atoms with Crippen LogP contribution in [0.25, 0.3) is 0 Å². The molecule has 1 atom stereocenters. The summed E-state index contributed by atoms with van der Waals surface area (Å²) < 4.78 is 24.9. The first-order valence-electron chi connectivity index (χ1n) is 5.70. The molecule has 5 heteroatoms. The summed E-state index contributed by atoms with van der Waals surface area (Å²) in [6.07, 6.45) is 0. The van der Waals surface area contributed by atoms with Crippen molar-refractivity contribution < 1.29 is 13.5 Å². The van der Waals surface area contributed by atoms with E-state index in [0.717, 1.165) is 0 Å². The Labute approximate surface area is 117 Å². The van der Waals surface area contributed by atoms with Crippen molar-refractivity contribution in [2.45, 2.75) is 17.1 Å². The third-order valence-corrected chi connectivity index (χ3v) is 5.40. The number of hydrogen-bond donors (Lipinski definition) is 1. The Morgan fingerprint density at radius 3 is 2.32 bits per heavy atom. The molecule has 0 saturated heterocycles. The van der Waals surface area contributed by atoms with E-state index in [1.807, 2.05) is 6.07 Å². The largest absolute Gasteiger partial charge is 0.506 e. The van der Waals surface area contributed by atoms with Gasteiger partial charge >= 0.3 is 0 Å². The van der Waals surface area contributed by atoms with Crippen LogP contribution >= 0.6 is 11.6 Å². The lowest BCUT2D eigenvalue weighted by molar-refractivity contribution is 0.475. The monoisotopic (exact) mass is 296 g/mol. The summed E-state index contributed by atoms with van der Waals surface area (Å²) in [5.74, 6) is -0.131. The van der Waals surface area contributed by atoms with E-state index in [1.165, 1.54) is 18.2 Å². The molecule has 2 aromatic rings. The predicted octanol–water partition coefficient (Wildman–Crippen LogP) is 3.58. The van der Waals surface area contributed by atoms with E-state index < -0.39 is 15.1 Å². The van der Waals surface area contributed by atoms with Crippen LogP contribution in [0.5, 0.6) is 5.75 Å². The van der Waals surface area contributed by atoms with Gasteiger partial charge in [-0.05, 0) is 30.7 Å². The Hall–Kier alpha value is -1.52.